The molecule has 4 rings (SSSR count). The molecule has 3 amide bonds. The highest BCUT2D eigenvalue weighted by atomic mass is 35.5. The van der Waals surface area contributed by atoms with E-state index in [1.807, 2.05) is 0 Å². The number of hydrogen-bond acceptors (Lipinski definition) is 5. The number of nitrogens with zero attached hydrogens (tertiary/aromatic N) is 2. The number of carbonyl (C=O) groups is 2. The Balaban J connectivity index is 1.29. The van der Waals surface area contributed by atoms with Crippen LogP contribution in [0.5, 0.6) is 11.6 Å². The van der Waals surface area contributed by atoms with Crippen LogP contribution < -0.4 is 15.4 Å². The number of ether oxygens (including phenoxy) is 1. The number of H-pyrrole nitrogens is 1. The molecular formula is C23H17Cl2N5O4. The van der Waals surface area contributed by atoms with Crippen molar-refractivity contribution in [1.82, 2.24) is 4.98 Å². The number of benzene rings is 3. The maximum Gasteiger partial charge on any atom is 0.323 e. The van der Waals surface area contributed by atoms with Crippen LogP contribution in [0, 0.1) is 0 Å². The molecule has 34 heavy (non-hydrogen) atoms. The van der Waals surface area contributed by atoms with Crippen molar-refractivity contribution in [3.8, 4) is 11.6 Å². The number of halogens is 2. The van der Waals surface area contributed by atoms with Gasteiger partial charge in [0.2, 0.25) is 5.88 Å². The average Bonchev–Trinajstić information content (AvgIpc) is 3.12. The fraction of sp³-hybridized carbons (Fsp3) is 0.0435. The Bertz CT molecular complexity index is 1370. The molecule has 0 spiro atoms. The van der Waals surface area contributed by atoms with Gasteiger partial charge in [-0.25, -0.2) is 4.79 Å². The minimum atomic E-state index is -0.652. The molecule has 4 N–H and O–H groups in total. The van der Waals surface area contributed by atoms with Crippen LogP contribution in [0.3, 0.4) is 0 Å². The van der Waals surface area contributed by atoms with Gasteiger partial charge >= 0.3 is 11.9 Å². The molecule has 0 aliphatic carbocycles. The van der Waals surface area contributed by atoms with Crippen LogP contribution >= 0.6 is 23.2 Å². The molecule has 0 aliphatic heterocycles. The second-order valence-corrected chi connectivity index (χ2v) is 7.88. The molecule has 0 saturated heterocycles. The molecule has 0 fully saturated rings. The average molecular weight is 498 g/mol. The number of rotatable bonds is 6. The van der Waals surface area contributed by atoms with Gasteiger partial charge in [0, 0.05) is 26.8 Å². The summed E-state index contributed by atoms with van der Waals surface area (Å²) in [7, 11) is 0. The molecule has 3 aromatic carbocycles. The Morgan fingerprint density at radius 1 is 0.912 bits per heavy atom. The zero-order chi connectivity index (χ0) is 24.1. The molecule has 9 nitrogen and oxygen atoms in total. The molecule has 172 valence electrons. The van der Waals surface area contributed by atoms with E-state index in [4.69, 9.17) is 27.9 Å². The number of fused-ring (bicyclic) bond motifs is 1. The highest BCUT2D eigenvalue weighted by Crippen LogP contribution is 2.36. The maximum absolute atomic E-state index is 12.1. The third kappa shape index (κ3) is 5.83. The monoisotopic (exact) mass is 497 g/mol. The molecule has 11 heteroatoms. The summed E-state index contributed by atoms with van der Waals surface area (Å²) in [5.74, 6) is -0.479. The zero-order valence-electron chi connectivity index (χ0n) is 17.4. The normalized spacial score (nSPS) is 11.0. The number of hydrogen-bond donors (Lipinski definition) is 4. The first kappa shape index (κ1) is 23.1. The van der Waals surface area contributed by atoms with E-state index < -0.39 is 11.9 Å². The van der Waals surface area contributed by atoms with Crippen molar-refractivity contribution in [1.29, 1.82) is 0 Å². The second-order valence-electron chi connectivity index (χ2n) is 7.00. The van der Waals surface area contributed by atoms with Crippen LogP contribution in [0.25, 0.3) is 10.9 Å². The predicted octanol–water partition coefficient (Wildman–Crippen LogP) is 6.51. The van der Waals surface area contributed by atoms with Crippen LogP contribution in [0.1, 0.15) is 0 Å². The van der Waals surface area contributed by atoms with Crippen molar-refractivity contribution < 1.29 is 19.4 Å². The maximum atomic E-state index is 12.1. The van der Waals surface area contributed by atoms with Crippen molar-refractivity contribution in [3.05, 3.63) is 76.8 Å². The summed E-state index contributed by atoms with van der Waals surface area (Å²) in [5.41, 5.74) is 1.84. The Labute approximate surface area is 203 Å². The summed E-state index contributed by atoms with van der Waals surface area (Å²) in [6, 6.07) is 17.7. The van der Waals surface area contributed by atoms with Crippen LogP contribution in [-0.4, -0.2) is 28.6 Å². The lowest BCUT2D eigenvalue weighted by molar-refractivity contribution is -0.120. The number of aromatic amines is 1. The van der Waals surface area contributed by atoms with Gasteiger partial charge in [0.15, 0.2) is 12.3 Å². The number of carbonyl (C=O) groups excluding carboxylic acids is 2. The molecule has 0 radical (unpaired) electrons. The van der Waals surface area contributed by atoms with Crippen molar-refractivity contribution >= 4 is 63.1 Å². The van der Waals surface area contributed by atoms with Gasteiger partial charge in [0.1, 0.15) is 5.75 Å². The lowest BCUT2D eigenvalue weighted by atomic mass is 10.2. The Kier molecular flexibility index (Phi) is 6.95. The van der Waals surface area contributed by atoms with Crippen molar-refractivity contribution in [2.75, 3.05) is 17.2 Å². The minimum Gasteiger partial charge on any atom is -0.493 e. The summed E-state index contributed by atoms with van der Waals surface area (Å²) in [6.07, 6.45) is 0. The van der Waals surface area contributed by atoms with E-state index in [1.165, 1.54) is 0 Å². The summed E-state index contributed by atoms with van der Waals surface area (Å²) >= 11 is 11.8. The molecule has 1 heterocycles. The third-order valence-electron chi connectivity index (χ3n) is 4.55. The van der Waals surface area contributed by atoms with Gasteiger partial charge in [-0.05, 0) is 66.7 Å². The first-order valence-electron chi connectivity index (χ1n) is 9.88. The number of amides is 3. The number of aromatic hydroxyl groups is 1. The molecule has 0 bridgehead atoms. The molecule has 0 aliphatic rings. The third-order valence-corrected chi connectivity index (χ3v) is 5.04. The Hall–Kier alpha value is -4.08. The first-order chi connectivity index (χ1) is 16.4. The van der Waals surface area contributed by atoms with E-state index in [0.717, 1.165) is 0 Å². The first-order valence-corrected chi connectivity index (χ1v) is 10.6. The lowest BCUT2D eigenvalue weighted by Gasteiger charge is -2.09. The summed E-state index contributed by atoms with van der Waals surface area (Å²) in [4.78, 5) is 26.9. The minimum absolute atomic E-state index is 0.109. The van der Waals surface area contributed by atoms with Crippen LogP contribution in [0.15, 0.2) is 77.0 Å². The topological polar surface area (TPSA) is 128 Å². The molecule has 0 atom stereocenters. The van der Waals surface area contributed by atoms with Crippen LogP contribution in [0.4, 0.5) is 21.9 Å². The fourth-order valence-electron chi connectivity index (χ4n) is 2.98. The number of nitrogens with one attached hydrogen (secondary N) is 3. The molecule has 4 aromatic rings. The van der Waals surface area contributed by atoms with E-state index in [0.29, 0.717) is 38.1 Å². The van der Waals surface area contributed by atoms with E-state index in [-0.39, 0.29) is 18.2 Å². The largest absolute Gasteiger partial charge is 0.493 e. The van der Waals surface area contributed by atoms with Gasteiger partial charge in [-0.1, -0.05) is 23.2 Å². The number of anilines is 2. The van der Waals surface area contributed by atoms with E-state index in [2.05, 4.69) is 25.8 Å². The highest BCUT2D eigenvalue weighted by Gasteiger charge is 2.12. The van der Waals surface area contributed by atoms with E-state index >= 15 is 0 Å². The molecule has 0 unspecified atom stereocenters. The van der Waals surface area contributed by atoms with Gasteiger partial charge in [0.05, 0.1) is 5.52 Å². The van der Waals surface area contributed by atoms with Crippen LogP contribution in [-0.2, 0) is 4.79 Å². The van der Waals surface area contributed by atoms with Gasteiger partial charge in [-0.3, -0.25) is 4.79 Å². The Morgan fingerprint density at radius 2 is 1.53 bits per heavy atom. The smallest absolute Gasteiger partial charge is 0.323 e. The van der Waals surface area contributed by atoms with Gasteiger partial charge in [-0.15, -0.1) is 10.2 Å². The molecular weight excluding hydrogens is 481 g/mol. The zero-order valence-corrected chi connectivity index (χ0v) is 18.9. The van der Waals surface area contributed by atoms with E-state index in [1.54, 1.807) is 66.7 Å². The number of aromatic nitrogens is 1. The van der Waals surface area contributed by atoms with Crippen molar-refractivity contribution in [3.63, 3.8) is 0 Å². The van der Waals surface area contributed by atoms with Gasteiger partial charge < -0.3 is 25.5 Å². The van der Waals surface area contributed by atoms with Gasteiger partial charge in [0.25, 0.3) is 0 Å². The fourth-order valence-corrected chi connectivity index (χ4v) is 3.28. The standard InChI is InChI=1S/C23H17Cl2N5O4/c24-13-1-4-15(5-2-13)26-23(33)27-16-6-8-17(9-7-16)34-12-20(31)29-30-21-18-11-14(25)3-10-19(18)28-22(21)32/h1-11,28,32H,12H2,(H2,26,27,33). The SMILES string of the molecule is O=C(COc1ccc(NC(=O)Nc2ccc(Cl)cc2)cc1)N=Nc1c(O)[nH]c2ccc(Cl)cc12. The Morgan fingerprint density at radius 3 is 2.21 bits per heavy atom. The number of urea groups is 1. The van der Waals surface area contributed by atoms with Gasteiger partial charge in [-0.2, -0.15) is 0 Å². The molecule has 1 aromatic heterocycles. The summed E-state index contributed by atoms with van der Waals surface area (Å²) < 4.78 is 5.41. The quantitative estimate of drug-likeness (QED) is 0.226. The highest BCUT2D eigenvalue weighted by molar-refractivity contribution is 6.31. The lowest BCUT2D eigenvalue weighted by Crippen LogP contribution is -2.19. The summed E-state index contributed by atoms with van der Waals surface area (Å²) in [5, 5.41) is 24.3. The van der Waals surface area contributed by atoms with Crippen molar-refractivity contribution in [2.45, 2.75) is 0 Å². The molecule has 0 saturated carbocycles. The van der Waals surface area contributed by atoms with Crippen molar-refractivity contribution in [2.24, 2.45) is 10.2 Å². The van der Waals surface area contributed by atoms with E-state index in [9.17, 15) is 14.7 Å². The predicted molar refractivity (Wildman–Crippen MR) is 131 cm³/mol. The summed E-state index contributed by atoms with van der Waals surface area (Å²) in [6.45, 7) is -0.364. The van der Waals surface area contributed by atoms with Crippen LogP contribution in [0.2, 0.25) is 10.0 Å². The second kappa shape index (κ2) is 10.2. The number of azo groups is 1.